The maximum absolute atomic E-state index is 12.1. The van der Waals surface area contributed by atoms with E-state index < -0.39 is 5.97 Å². The van der Waals surface area contributed by atoms with Gasteiger partial charge in [-0.05, 0) is 31.4 Å². The summed E-state index contributed by atoms with van der Waals surface area (Å²) in [7, 11) is 1.78. The van der Waals surface area contributed by atoms with Crippen molar-refractivity contribution in [2.45, 2.75) is 59.3 Å². The fourth-order valence-electron chi connectivity index (χ4n) is 2.42. The van der Waals surface area contributed by atoms with E-state index in [4.69, 9.17) is 0 Å². The van der Waals surface area contributed by atoms with Crippen LogP contribution in [0.2, 0.25) is 0 Å². The smallest absolute Gasteiger partial charge is 0.342 e. The maximum Gasteiger partial charge on any atom is 0.395 e. The van der Waals surface area contributed by atoms with Gasteiger partial charge in [0.1, 0.15) is 5.69 Å². The highest BCUT2D eigenvalue weighted by Gasteiger charge is 2.30. The zero-order chi connectivity index (χ0) is 17.8. The molecule has 1 aliphatic rings. The van der Waals surface area contributed by atoms with E-state index in [-0.39, 0.29) is 10.4 Å². The summed E-state index contributed by atoms with van der Waals surface area (Å²) in [4.78, 5) is 14.8. The van der Waals surface area contributed by atoms with Gasteiger partial charge < -0.3 is 4.57 Å². The van der Waals surface area contributed by atoms with Crippen LogP contribution in [-0.2, 0) is 25.0 Å². The number of aromatic nitrogens is 1. The minimum Gasteiger partial charge on any atom is -0.342 e. The molecule has 0 unspecified atom stereocenters. The molecule has 1 aromatic rings. The average Bonchev–Trinajstić information content (AvgIpc) is 2.84. The molecule has 0 spiro atoms. The first-order chi connectivity index (χ1) is 10.8. The Labute approximate surface area is 143 Å². The van der Waals surface area contributed by atoms with E-state index in [0.717, 1.165) is 30.8 Å². The van der Waals surface area contributed by atoms with Crippen LogP contribution in [0.15, 0.2) is 6.07 Å². The molecule has 6 heteroatoms. The van der Waals surface area contributed by atoms with Gasteiger partial charge in [0.05, 0.1) is 0 Å². The minimum absolute atomic E-state index is 0.160. The van der Waals surface area contributed by atoms with Crippen molar-refractivity contribution < 1.29 is 14.3 Å². The molecule has 23 heavy (non-hydrogen) atoms. The summed E-state index contributed by atoms with van der Waals surface area (Å²) < 4.78 is 16.4. The Morgan fingerprint density at radius 2 is 2.00 bits per heavy atom. The third-order valence-corrected chi connectivity index (χ3v) is 5.94. The Balaban J connectivity index is 0.00000127. The summed E-state index contributed by atoms with van der Waals surface area (Å²) in [6.07, 6.45) is 0.854. The first-order valence-corrected chi connectivity index (χ1v) is 8.98. The molecule has 4 nitrogen and oxygen atoms in total. The van der Waals surface area contributed by atoms with Gasteiger partial charge in [-0.25, -0.2) is 14.0 Å². The molecule has 0 aromatic carbocycles. The molecule has 2 heterocycles. The number of carbonyl (C=O) groups is 1. The van der Waals surface area contributed by atoms with Crippen LogP contribution in [-0.4, -0.2) is 26.1 Å². The normalized spacial score (nSPS) is 15.0. The molecule has 0 aliphatic carbocycles. The van der Waals surface area contributed by atoms with Gasteiger partial charge in [0.2, 0.25) is 0 Å². The maximum atomic E-state index is 12.1. The van der Waals surface area contributed by atoms with Crippen LogP contribution in [0.5, 0.6) is 0 Å². The molecule has 1 aliphatic heterocycles. The van der Waals surface area contributed by atoms with Crippen LogP contribution in [0.25, 0.3) is 0 Å². The molecule has 0 bridgehead atoms. The fraction of sp³-hybridized carbons (Fsp3) is 0.706. The van der Waals surface area contributed by atoms with E-state index in [1.165, 1.54) is 0 Å². The monoisotopic (exact) mass is 344 g/mol. The van der Waals surface area contributed by atoms with Gasteiger partial charge in [0, 0.05) is 41.5 Å². The van der Waals surface area contributed by atoms with Crippen molar-refractivity contribution in [3.8, 4) is 0 Å². The van der Waals surface area contributed by atoms with Crippen molar-refractivity contribution in [3.05, 3.63) is 23.0 Å². The molecular formula is C17H29FN2O2S. The highest BCUT2D eigenvalue weighted by atomic mass is 32.2. The molecular weight excluding hydrogens is 315 g/mol. The van der Waals surface area contributed by atoms with Crippen molar-refractivity contribution in [1.82, 2.24) is 8.87 Å². The van der Waals surface area contributed by atoms with Gasteiger partial charge in [-0.15, -0.1) is 0 Å². The van der Waals surface area contributed by atoms with Gasteiger partial charge in [0.25, 0.3) is 0 Å². The second-order valence-corrected chi connectivity index (χ2v) is 8.14. The predicted octanol–water partition coefficient (Wildman–Crippen LogP) is 4.53. The number of carbonyl (C=O) groups excluding carboxylic acids is 1. The Kier molecular flexibility index (Phi) is 7.14. The number of hydrogen-bond donors (Lipinski definition) is 0. The Bertz CT molecular complexity index is 541. The Hall–Kier alpha value is -1.01. The van der Waals surface area contributed by atoms with E-state index in [1.54, 1.807) is 17.7 Å². The Morgan fingerprint density at radius 1 is 1.39 bits per heavy atom. The lowest BCUT2D eigenvalue weighted by Gasteiger charge is -2.36. The lowest BCUT2D eigenvalue weighted by molar-refractivity contribution is -0.0796. The van der Waals surface area contributed by atoms with E-state index >= 15 is 0 Å². The van der Waals surface area contributed by atoms with Crippen molar-refractivity contribution in [1.29, 1.82) is 0 Å². The fourth-order valence-corrected chi connectivity index (χ4v) is 3.68. The van der Waals surface area contributed by atoms with Crippen LogP contribution < -0.4 is 0 Å². The summed E-state index contributed by atoms with van der Waals surface area (Å²) in [5.41, 5.74) is 2.45. The zero-order valence-corrected chi connectivity index (χ0v) is 16.1. The third-order valence-electron chi connectivity index (χ3n) is 4.43. The number of fused-ring (bicyclic) bond motifs is 1. The largest absolute Gasteiger partial charge is 0.395 e. The molecule has 0 fully saturated rings. The minimum atomic E-state index is -0.923. The topological polar surface area (TPSA) is 34.5 Å². The summed E-state index contributed by atoms with van der Waals surface area (Å²) in [6.45, 7) is 14.6. The lowest BCUT2D eigenvalue weighted by atomic mass is 10.00. The standard InChI is InChI=1S/C15H23FN2O2S.C2H6/c1-10(2)15(3,4)21-18-7-6-12-11(9-18)8-13(17(12)5)14(19)20-16;1-2/h8,10H,6-7,9H2,1-5H3;1-2H3. The van der Waals surface area contributed by atoms with E-state index in [1.807, 2.05) is 25.8 Å². The first kappa shape index (κ1) is 20.0. The third kappa shape index (κ3) is 4.51. The van der Waals surface area contributed by atoms with Gasteiger partial charge in [-0.1, -0.05) is 39.6 Å². The van der Waals surface area contributed by atoms with Crippen molar-refractivity contribution in [3.63, 3.8) is 0 Å². The van der Waals surface area contributed by atoms with E-state index in [2.05, 4.69) is 36.9 Å². The highest BCUT2D eigenvalue weighted by molar-refractivity contribution is 7.98. The van der Waals surface area contributed by atoms with Crippen LogP contribution in [0, 0.1) is 5.92 Å². The van der Waals surface area contributed by atoms with Gasteiger partial charge in [0.15, 0.2) is 0 Å². The molecule has 0 N–H and O–H groups in total. The molecule has 0 amide bonds. The lowest BCUT2D eigenvalue weighted by Crippen LogP contribution is -2.33. The van der Waals surface area contributed by atoms with Crippen molar-refractivity contribution >= 4 is 17.9 Å². The van der Waals surface area contributed by atoms with Gasteiger partial charge in [-0.3, -0.25) is 0 Å². The molecule has 0 saturated heterocycles. The zero-order valence-electron chi connectivity index (χ0n) is 15.3. The van der Waals surface area contributed by atoms with Crippen LogP contribution in [0.3, 0.4) is 0 Å². The molecule has 2 rings (SSSR count). The predicted molar refractivity (Wildman–Crippen MR) is 93.9 cm³/mol. The molecule has 0 saturated carbocycles. The second-order valence-electron chi connectivity index (χ2n) is 6.39. The molecule has 0 radical (unpaired) electrons. The molecule has 1 aromatic heterocycles. The summed E-state index contributed by atoms with van der Waals surface area (Å²) in [6, 6.07) is 1.74. The SMILES string of the molecule is CC.CC(C)C(C)(C)SN1CCc2c(cc(C(=O)OF)n2C)C1. The van der Waals surface area contributed by atoms with Gasteiger partial charge in [-0.2, -0.15) is 0 Å². The molecule has 0 atom stereocenters. The summed E-state index contributed by atoms with van der Waals surface area (Å²) >= 11 is 1.86. The average molecular weight is 344 g/mol. The van der Waals surface area contributed by atoms with Gasteiger partial charge >= 0.3 is 5.97 Å². The highest BCUT2D eigenvalue weighted by Crippen LogP contribution is 2.37. The second kappa shape index (κ2) is 8.20. The number of halogens is 1. The van der Waals surface area contributed by atoms with Crippen molar-refractivity contribution in [2.75, 3.05) is 6.54 Å². The number of hydrogen-bond acceptors (Lipinski definition) is 4. The van der Waals surface area contributed by atoms with Crippen LogP contribution in [0.1, 0.15) is 63.3 Å². The number of rotatable bonds is 4. The van der Waals surface area contributed by atoms with Crippen molar-refractivity contribution in [2.24, 2.45) is 13.0 Å². The summed E-state index contributed by atoms with van der Waals surface area (Å²) in [5.74, 6) is -0.356. The van der Waals surface area contributed by atoms with Crippen LogP contribution in [0.4, 0.5) is 4.53 Å². The summed E-state index contributed by atoms with van der Waals surface area (Å²) in [5, 5.41) is 0. The molecule has 132 valence electrons. The van der Waals surface area contributed by atoms with E-state index in [0.29, 0.717) is 5.92 Å². The van der Waals surface area contributed by atoms with Crippen LogP contribution >= 0.6 is 11.9 Å². The first-order valence-electron chi connectivity index (χ1n) is 8.20. The number of nitrogens with zero attached hydrogens (tertiary/aromatic N) is 2. The quantitative estimate of drug-likeness (QED) is 0.752. The Morgan fingerprint density at radius 3 is 2.52 bits per heavy atom. The van der Waals surface area contributed by atoms with E-state index in [9.17, 15) is 9.32 Å².